The number of carbonyl (C=O) groups excluding carboxylic acids is 1. The fourth-order valence-corrected chi connectivity index (χ4v) is 3.76. The second-order valence-electron chi connectivity index (χ2n) is 6.02. The lowest BCUT2D eigenvalue weighted by atomic mass is 9.93. The molecule has 25 heavy (non-hydrogen) atoms. The van der Waals surface area contributed by atoms with E-state index in [0.29, 0.717) is 6.42 Å². The highest BCUT2D eigenvalue weighted by atomic mass is 32.2. The van der Waals surface area contributed by atoms with Crippen molar-refractivity contribution in [3.8, 4) is 0 Å². The van der Waals surface area contributed by atoms with Gasteiger partial charge in [0.15, 0.2) is 0 Å². The first kappa shape index (κ1) is 21.3. The molecule has 0 amide bonds. The summed E-state index contributed by atoms with van der Waals surface area (Å²) in [6.45, 7) is 7.47. The molecular formula is C18H28N2O4S. The summed E-state index contributed by atoms with van der Waals surface area (Å²) in [4.78, 5) is 12.2. The lowest BCUT2D eigenvalue weighted by molar-refractivity contribution is -0.145. The van der Waals surface area contributed by atoms with Crippen LogP contribution in [0.25, 0.3) is 0 Å². The Morgan fingerprint density at radius 3 is 2.44 bits per heavy atom. The van der Waals surface area contributed by atoms with E-state index in [9.17, 15) is 13.2 Å². The van der Waals surface area contributed by atoms with E-state index >= 15 is 0 Å². The summed E-state index contributed by atoms with van der Waals surface area (Å²) in [6.07, 6.45) is 4.37. The van der Waals surface area contributed by atoms with E-state index < -0.39 is 28.1 Å². The third-order valence-electron chi connectivity index (χ3n) is 3.92. The fraction of sp³-hybridized carbons (Fsp3) is 0.500. The van der Waals surface area contributed by atoms with Gasteiger partial charge < -0.3 is 10.5 Å². The van der Waals surface area contributed by atoms with Crippen molar-refractivity contribution in [1.29, 1.82) is 0 Å². The molecule has 0 radical (unpaired) electrons. The maximum absolute atomic E-state index is 12.7. The topological polar surface area (TPSA) is 98.5 Å². The number of nitrogens with two attached hydrogens (primary N) is 1. The van der Waals surface area contributed by atoms with Crippen molar-refractivity contribution >= 4 is 16.0 Å². The van der Waals surface area contributed by atoms with Gasteiger partial charge in [0.1, 0.15) is 6.04 Å². The second-order valence-corrected chi connectivity index (χ2v) is 7.73. The molecule has 140 valence electrons. The SMILES string of the molecule is C/C=C/C[C@@H](C)[C@@H](NS(=O)(=O)c1ccc(C)cc1)[C@H](N)C(=O)OCC. The van der Waals surface area contributed by atoms with E-state index in [1.807, 2.05) is 32.9 Å². The third-order valence-corrected chi connectivity index (χ3v) is 5.40. The van der Waals surface area contributed by atoms with Crippen molar-refractivity contribution in [2.75, 3.05) is 6.61 Å². The monoisotopic (exact) mass is 368 g/mol. The van der Waals surface area contributed by atoms with E-state index in [0.717, 1.165) is 5.56 Å². The molecule has 6 nitrogen and oxygen atoms in total. The van der Waals surface area contributed by atoms with Crippen molar-refractivity contribution in [3.63, 3.8) is 0 Å². The lowest BCUT2D eigenvalue weighted by Crippen LogP contribution is -2.55. The van der Waals surface area contributed by atoms with Gasteiger partial charge in [-0.2, -0.15) is 0 Å². The van der Waals surface area contributed by atoms with Gasteiger partial charge >= 0.3 is 5.97 Å². The number of carbonyl (C=O) groups is 1. The maximum Gasteiger partial charge on any atom is 0.324 e. The summed E-state index contributed by atoms with van der Waals surface area (Å²) >= 11 is 0. The van der Waals surface area contributed by atoms with Crippen molar-refractivity contribution in [1.82, 2.24) is 4.72 Å². The van der Waals surface area contributed by atoms with Crippen molar-refractivity contribution < 1.29 is 17.9 Å². The van der Waals surface area contributed by atoms with Crippen LogP contribution >= 0.6 is 0 Å². The summed E-state index contributed by atoms with van der Waals surface area (Å²) in [5.41, 5.74) is 6.96. The average molecular weight is 368 g/mol. The van der Waals surface area contributed by atoms with Gasteiger partial charge in [-0.05, 0) is 45.2 Å². The van der Waals surface area contributed by atoms with E-state index in [4.69, 9.17) is 10.5 Å². The Labute approximate surface area is 150 Å². The summed E-state index contributed by atoms with van der Waals surface area (Å²) in [5.74, 6) is -0.803. The molecule has 0 spiro atoms. The normalized spacial score (nSPS) is 15.7. The molecule has 3 N–H and O–H groups in total. The van der Waals surface area contributed by atoms with Crippen LogP contribution in [0.2, 0.25) is 0 Å². The first-order chi connectivity index (χ1) is 11.7. The number of hydrogen-bond acceptors (Lipinski definition) is 5. The molecule has 0 bridgehead atoms. The first-order valence-electron chi connectivity index (χ1n) is 8.35. The average Bonchev–Trinajstić information content (AvgIpc) is 2.57. The molecule has 0 aliphatic rings. The van der Waals surface area contributed by atoms with Gasteiger partial charge in [-0.25, -0.2) is 13.1 Å². The minimum atomic E-state index is -3.80. The molecular weight excluding hydrogens is 340 g/mol. The number of allylic oxidation sites excluding steroid dienone is 2. The van der Waals surface area contributed by atoms with Crippen molar-refractivity contribution in [2.24, 2.45) is 11.7 Å². The van der Waals surface area contributed by atoms with Crippen LogP contribution in [0, 0.1) is 12.8 Å². The van der Waals surface area contributed by atoms with Gasteiger partial charge in [-0.1, -0.05) is 36.8 Å². The van der Waals surface area contributed by atoms with Crippen LogP contribution < -0.4 is 10.5 Å². The Hall–Kier alpha value is -1.70. The van der Waals surface area contributed by atoms with Gasteiger partial charge in [-0.3, -0.25) is 4.79 Å². The number of ether oxygens (including phenoxy) is 1. The predicted molar refractivity (Wildman–Crippen MR) is 98.5 cm³/mol. The summed E-state index contributed by atoms with van der Waals surface area (Å²) in [7, 11) is -3.80. The molecule has 0 aliphatic carbocycles. The van der Waals surface area contributed by atoms with Crippen molar-refractivity contribution in [2.45, 2.75) is 51.1 Å². The Balaban J connectivity index is 3.09. The van der Waals surface area contributed by atoms with Crippen LogP contribution in [-0.4, -0.2) is 33.1 Å². The molecule has 0 unspecified atom stereocenters. The molecule has 7 heteroatoms. The zero-order valence-electron chi connectivity index (χ0n) is 15.2. The zero-order valence-corrected chi connectivity index (χ0v) is 16.0. The standard InChI is InChI=1S/C18H28N2O4S/c1-5-7-8-14(4)17(16(19)18(21)24-6-2)20-25(22,23)15-11-9-13(3)10-12-15/h5,7,9-12,14,16-17,20H,6,8,19H2,1-4H3/b7-5+/t14-,16+,17-/m1/s1. The molecule has 0 saturated heterocycles. The Kier molecular flexibility index (Phi) is 8.28. The molecule has 0 heterocycles. The molecule has 1 aromatic carbocycles. The highest BCUT2D eigenvalue weighted by Gasteiger charge is 2.33. The predicted octanol–water partition coefficient (Wildman–Crippen LogP) is 2.13. The fourth-order valence-electron chi connectivity index (χ4n) is 2.39. The van der Waals surface area contributed by atoms with Gasteiger partial charge in [-0.15, -0.1) is 0 Å². The highest BCUT2D eigenvalue weighted by Crippen LogP contribution is 2.17. The molecule has 1 aromatic rings. The van der Waals surface area contributed by atoms with Gasteiger partial charge in [0, 0.05) is 0 Å². The number of benzene rings is 1. The molecule has 0 aromatic heterocycles. The molecule has 0 aliphatic heterocycles. The van der Waals surface area contributed by atoms with Gasteiger partial charge in [0.05, 0.1) is 17.5 Å². The van der Waals surface area contributed by atoms with Gasteiger partial charge in [0.25, 0.3) is 0 Å². The summed E-state index contributed by atoms with van der Waals surface area (Å²) in [6, 6.07) is 4.64. The lowest BCUT2D eigenvalue weighted by Gasteiger charge is -2.28. The Morgan fingerprint density at radius 2 is 1.92 bits per heavy atom. The molecule has 3 atom stereocenters. The number of hydrogen-bond donors (Lipinski definition) is 2. The molecule has 0 saturated carbocycles. The van der Waals surface area contributed by atoms with E-state index in [-0.39, 0.29) is 17.4 Å². The number of aryl methyl sites for hydroxylation is 1. The number of esters is 1. The van der Waals surface area contributed by atoms with E-state index in [1.165, 1.54) is 12.1 Å². The Bertz CT molecular complexity index is 684. The van der Waals surface area contributed by atoms with Crippen LogP contribution in [0.15, 0.2) is 41.3 Å². The first-order valence-corrected chi connectivity index (χ1v) is 9.83. The summed E-state index contributed by atoms with van der Waals surface area (Å²) < 4.78 is 32.9. The van der Waals surface area contributed by atoms with Crippen LogP contribution in [-0.2, 0) is 19.6 Å². The number of sulfonamides is 1. The number of rotatable bonds is 9. The van der Waals surface area contributed by atoms with E-state index in [2.05, 4.69) is 4.72 Å². The van der Waals surface area contributed by atoms with Crippen LogP contribution in [0.4, 0.5) is 0 Å². The van der Waals surface area contributed by atoms with Crippen LogP contribution in [0.1, 0.15) is 32.8 Å². The van der Waals surface area contributed by atoms with Crippen LogP contribution in [0.3, 0.4) is 0 Å². The van der Waals surface area contributed by atoms with E-state index in [1.54, 1.807) is 19.1 Å². The second kappa shape index (κ2) is 9.70. The van der Waals surface area contributed by atoms with Gasteiger partial charge in [0.2, 0.25) is 10.0 Å². The third kappa shape index (κ3) is 6.26. The quantitative estimate of drug-likeness (QED) is 0.514. The van der Waals surface area contributed by atoms with Crippen molar-refractivity contribution in [3.05, 3.63) is 42.0 Å². The molecule has 1 rings (SSSR count). The largest absolute Gasteiger partial charge is 0.465 e. The summed E-state index contributed by atoms with van der Waals surface area (Å²) in [5, 5.41) is 0. The smallest absolute Gasteiger partial charge is 0.324 e. The maximum atomic E-state index is 12.7. The Morgan fingerprint density at radius 1 is 1.32 bits per heavy atom. The highest BCUT2D eigenvalue weighted by molar-refractivity contribution is 7.89. The minimum Gasteiger partial charge on any atom is -0.465 e. The number of nitrogens with one attached hydrogen (secondary N) is 1. The minimum absolute atomic E-state index is 0.136. The van der Waals surface area contributed by atoms with Crippen LogP contribution in [0.5, 0.6) is 0 Å². The molecule has 0 fully saturated rings. The zero-order chi connectivity index (χ0) is 19.0.